The van der Waals surface area contributed by atoms with Crippen LogP contribution in [0.2, 0.25) is 0 Å². The van der Waals surface area contributed by atoms with Gasteiger partial charge in [-0.25, -0.2) is 4.98 Å². The maximum Gasteiger partial charge on any atom is 0.189 e. The second kappa shape index (κ2) is 4.40. The molecule has 0 aliphatic heterocycles. The summed E-state index contributed by atoms with van der Waals surface area (Å²) in [5.41, 5.74) is 7.78. The molecule has 0 saturated carbocycles. The molecule has 0 aliphatic carbocycles. The Bertz CT molecular complexity index is 456. The van der Waals surface area contributed by atoms with E-state index in [0.29, 0.717) is 5.82 Å². The van der Waals surface area contributed by atoms with Crippen LogP contribution in [-0.2, 0) is 0 Å². The zero-order valence-electron chi connectivity index (χ0n) is 9.24. The lowest BCUT2D eigenvalue weighted by atomic mass is 10.3. The number of nitrogen functional groups attached to an aromatic ring is 1. The monoisotopic (exact) mass is 234 g/mol. The Morgan fingerprint density at radius 2 is 1.81 bits per heavy atom. The molecule has 0 bridgehead atoms. The van der Waals surface area contributed by atoms with Crippen molar-refractivity contribution >= 4 is 33.7 Å². The van der Waals surface area contributed by atoms with Crippen LogP contribution in [0.25, 0.3) is 0 Å². The number of rotatable bonds is 3. The smallest absolute Gasteiger partial charge is 0.189 e. The Morgan fingerprint density at radius 1 is 1.19 bits per heavy atom. The maximum atomic E-state index is 5.69. The third-order valence-electron chi connectivity index (χ3n) is 2.26. The molecule has 0 atom stereocenters. The zero-order valence-corrected chi connectivity index (χ0v) is 10.1. The van der Waals surface area contributed by atoms with Crippen molar-refractivity contribution in [2.45, 2.75) is 6.92 Å². The fraction of sp³-hybridized carbons (Fsp3) is 0.182. The van der Waals surface area contributed by atoms with E-state index in [2.05, 4.69) is 15.6 Å². The van der Waals surface area contributed by atoms with Crippen LogP contribution in [0.1, 0.15) is 4.88 Å². The third kappa shape index (κ3) is 2.25. The van der Waals surface area contributed by atoms with Gasteiger partial charge in [-0.1, -0.05) is 11.3 Å². The molecule has 0 unspecified atom stereocenters. The maximum absolute atomic E-state index is 5.69. The second-order valence-electron chi connectivity index (χ2n) is 3.41. The minimum atomic E-state index is 0.597. The number of aryl methyl sites for hydroxylation is 1. The molecule has 0 aliphatic rings. The average Bonchev–Trinajstić information content (AvgIpc) is 2.59. The minimum Gasteiger partial charge on any atom is -0.388 e. The average molecular weight is 234 g/mol. The van der Waals surface area contributed by atoms with Crippen molar-refractivity contribution in [3.8, 4) is 0 Å². The van der Waals surface area contributed by atoms with Crippen LogP contribution in [0.15, 0.2) is 24.3 Å². The predicted octanol–water partition coefficient (Wildman–Crippen LogP) is 2.82. The van der Waals surface area contributed by atoms with Gasteiger partial charge in [-0.15, -0.1) is 0 Å². The van der Waals surface area contributed by atoms with E-state index >= 15 is 0 Å². The van der Waals surface area contributed by atoms with Crippen LogP contribution in [0, 0.1) is 6.92 Å². The van der Waals surface area contributed by atoms with Gasteiger partial charge in [0.05, 0.1) is 0 Å². The molecule has 4 nitrogen and oxygen atoms in total. The van der Waals surface area contributed by atoms with Gasteiger partial charge in [-0.3, -0.25) is 0 Å². The first-order valence-electron chi connectivity index (χ1n) is 4.97. The largest absolute Gasteiger partial charge is 0.388 e. The number of benzene rings is 1. The highest BCUT2D eigenvalue weighted by Crippen LogP contribution is 2.26. The van der Waals surface area contributed by atoms with Crippen molar-refractivity contribution in [2.75, 3.05) is 23.4 Å². The van der Waals surface area contributed by atoms with Gasteiger partial charge < -0.3 is 16.4 Å². The molecule has 0 spiro atoms. The first kappa shape index (κ1) is 10.8. The van der Waals surface area contributed by atoms with Crippen molar-refractivity contribution in [2.24, 2.45) is 0 Å². The quantitative estimate of drug-likeness (QED) is 0.764. The van der Waals surface area contributed by atoms with E-state index in [1.165, 1.54) is 0 Å². The van der Waals surface area contributed by atoms with Crippen LogP contribution >= 0.6 is 11.3 Å². The molecule has 0 saturated heterocycles. The van der Waals surface area contributed by atoms with Gasteiger partial charge in [-0.2, -0.15) is 0 Å². The Kier molecular flexibility index (Phi) is 2.96. The molecule has 4 N–H and O–H groups in total. The summed E-state index contributed by atoms with van der Waals surface area (Å²) in [7, 11) is 1.90. The van der Waals surface area contributed by atoms with E-state index in [-0.39, 0.29) is 0 Å². The Morgan fingerprint density at radius 3 is 2.31 bits per heavy atom. The Labute approximate surface area is 98.5 Å². The Balaban J connectivity index is 2.14. The SMILES string of the molecule is CNc1ccc(Nc2nc(N)c(C)s2)cc1. The highest BCUT2D eigenvalue weighted by molar-refractivity contribution is 7.16. The molecule has 5 heteroatoms. The van der Waals surface area contributed by atoms with Crippen LogP contribution < -0.4 is 16.4 Å². The topological polar surface area (TPSA) is 63.0 Å². The summed E-state index contributed by atoms with van der Waals surface area (Å²) >= 11 is 1.56. The van der Waals surface area contributed by atoms with Gasteiger partial charge in [-0.05, 0) is 31.2 Å². The number of hydrogen-bond acceptors (Lipinski definition) is 5. The Hall–Kier alpha value is -1.75. The van der Waals surface area contributed by atoms with Gasteiger partial charge >= 0.3 is 0 Å². The standard InChI is InChI=1S/C11H14N4S/c1-7-10(12)15-11(16-7)14-9-5-3-8(13-2)4-6-9/h3-6,13H,12H2,1-2H3,(H,14,15). The number of hydrogen-bond donors (Lipinski definition) is 3. The van der Waals surface area contributed by atoms with Gasteiger partial charge in [0.2, 0.25) is 0 Å². The van der Waals surface area contributed by atoms with Crippen LogP contribution in [0.3, 0.4) is 0 Å². The van der Waals surface area contributed by atoms with Gasteiger partial charge in [0.25, 0.3) is 0 Å². The summed E-state index contributed by atoms with van der Waals surface area (Å²) < 4.78 is 0. The summed E-state index contributed by atoms with van der Waals surface area (Å²) in [4.78, 5) is 5.25. The van der Waals surface area contributed by atoms with Crippen LogP contribution in [0.4, 0.5) is 22.3 Å². The molecular formula is C11H14N4S. The predicted molar refractivity (Wildman–Crippen MR) is 70.5 cm³/mol. The molecule has 2 aromatic rings. The summed E-state index contributed by atoms with van der Waals surface area (Å²) in [5.74, 6) is 0.597. The fourth-order valence-electron chi connectivity index (χ4n) is 1.31. The minimum absolute atomic E-state index is 0.597. The van der Waals surface area contributed by atoms with Gasteiger partial charge in [0, 0.05) is 23.3 Å². The van der Waals surface area contributed by atoms with E-state index in [0.717, 1.165) is 21.4 Å². The lowest BCUT2D eigenvalue weighted by Crippen LogP contribution is -1.92. The molecule has 16 heavy (non-hydrogen) atoms. The zero-order chi connectivity index (χ0) is 11.5. The van der Waals surface area contributed by atoms with Crippen molar-refractivity contribution in [1.82, 2.24) is 4.98 Å². The van der Waals surface area contributed by atoms with Crippen molar-refractivity contribution in [3.05, 3.63) is 29.1 Å². The second-order valence-corrected chi connectivity index (χ2v) is 4.62. The number of aromatic nitrogens is 1. The highest BCUT2D eigenvalue weighted by Gasteiger charge is 2.03. The van der Waals surface area contributed by atoms with E-state index < -0.39 is 0 Å². The molecule has 1 heterocycles. The summed E-state index contributed by atoms with van der Waals surface area (Å²) in [6.07, 6.45) is 0. The lowest BCUT2D eigenvalue weighted by Gasteiger charge is -2.03. The highest BCUT2D eigenvalue weighted by atomic mass is 32.1. The van der Waals surface area contributed by atoms with Crippen molar-refractivity contribution in [3.63, 3.8) is 0 Å². The molecule has 0 fully saturated rings. The summed E-state index contributed by atoms with van der Waals surface area (Å²) in [5, 5.41) is 7.11. The first-order chi connectivity index (χ1) is 7.69. The first-order valence-corrected chi connectivity index (χ1v) is 5.78. The molecule has 1 aromatic heterocycles. The fourth-order valence-corrected chi connectivity index (χ4v) is 2.06. The lowest BCUT2D eigenvalue weighted by molar-refractivity contribution is 1.37. The van der Waals surface area contributed by atoms with Crippen LogP contribution in [0.5, 0.6) is 0 Å². The normalized spacial score (nSPS) is 10.1. The number of nitrogens with two attached hydrogens (primary N) is 1. The van der Waals surface area contributed by atoms with Gasteiger partial charge in [0.1, 0.15) is 5.82 Å². The van der Waals surface area contributed by atoms with E-state index in [4.69, 9.17) is 5.73 Å². The van der Waals surface area contributed by atoms with Crippen molar-refractivity contribution in [1.29, 1.82) is 0 Å². The van der Waals surface area contributed by atoms with E-state index in [1.54, 1.807) is 11.3 Å². The van der Waals surface area contributed by atoms with Crippen LogP contribution in [-0.4, -0.2) is 12.0 Å². The molecule has 2 rings (SSSR count). The number of anilines is 4. The molecule has 84 valence electrons. The van der Waals surface area contributed by atoms with Gasteiger partial charge in [0.15, 0.2) is 5.13 Å². The number of nitrogens with one attached hydrogen (secondary N) is 2. The summed E-state index contributed by atoms with van der Waals surface area (Å²) in [6.45, 7) is 1.96. The molecule has 1 aromatic carbocycles. The van der Waals surface area contributed by atoms with Crippen molar-refractivity contribution < 1.29 is 0 Å². The number of thiazole rings is 1. The number of nitrogens with zero attached hydrogens (tertiary/aromatic N) is 1. The summed E-state index contributed by atoms with van der Waals surface area (Å²) in [6, 6.07) is 8.01. The molecule has 0 amide bonds. The molecular weight excluding hydrogens is 220 g/mol. The van der Waals surface area contributed by atoms with E-state index in [9.17, 15) is 0 Å². The molecule has 0 radical (unpaired) electrons. The third-order valence-corrected chi connectivity index (χ3v) is 3.16. The van der Waals surface area contributed by atoms with E-state index in [1.807, 2.05) is 38.2 Å².